The van der Waals surface area contributed by atoms with Gasteiger partial charge in [-0.2, -0.15) is 0 Å². The molecule has 0 unspecified atom stereocenters. The van der Waals surface area contributed by atoms with E-state index in [1.807, 2.05) is 0 Å². The lowest BCUT2D eigenvalue weighted by Gasteiger charge is -2.34. The summed E-state index contributed by atoms with van der Waals surface area (Å²) in [6.45, 7) is 9.07. The van der Waals surface area contributed by atoms with Crippen LogP contribution in [0.5, 0.6) is 0 Å². The van der Waals surface area contributed by atoms with Crippen LogP contribution in [0.2, 0.25) is 0 Å². The second kappa shape index (κ2) is 5.61. The number of nitrogens with zero attached hydrogens (tertiary/aromatic N) is 2. The van der Waals surface area contributed by atoms with Crippen LogP contribution in [0.15, 0.2) is 6.07 Å². The minimum atomic E-state index is -0.351. The normalized spacial score (nSPS) is 18.3. The average Bonchev–Trinajstić information content (AvgIpc) is 2.86. The Balaban J connectivity index is 1.95. The van der Waals surface area contributed by atoms with Crippen LogP contribution >= 0.6 is 11.3 Å². The molecule has 0 saturated heterocycles. The number of hydrogen-bond donors (Lipinski definition) is 0. The van der Waals surface area contributed by atoms with Crippen LogP contribution in [-0.2, 0) is 17.6 Å². The maximum Gasteiger partial charge on any atom is 0.367 e. The van der Waals surface area contributed by atoms with Crippen molar-refractivity contribution >= 4 is 27.7 Å². The number of pyridine rings is 1. The van der Waals surface area contributed by atoms with Gasteiger partial charge in [-0.3, -0.25) is 0 Å². The number of fused-ring (bicyclic) bond motifs is 2. The van der Waals surface area contributed by atoms with Gasteiger partial charge in [0.2, 0.25) is 5.01 Å². The Labute approximate surface area is 134 Å². The molecule has 0 N–H and O–H groups in total. The quantitative estimate of drug-likeness (QED) is 0.785. The second-order valence-electron chi connectivity index (χ2n) is 6.96. The molecule has 0 fully saturated rings. The summed E-state index contributed by atoms with van der Waals surface area (Å²) < 4.78 is 5.03. The smallest absolute Gasteiger partial charge is 0.367 e. The molecule has 118 valence electrons. The van der Waals surface area contributed by atoms with E-state index in [1.165, 1.54) is 29.0 Å². The monoisotopic (exact) mass is 318 g/mol. The summed E-state index contributed by atoms with van der Waals surface area (Å²) in [5, 5.41) is 0.402. The highest BCUT2D eigenvalue weighted by atomic mass is 32.1. The number of carbonyl (C=O) groups is 1. The molecule has 1 aliphatic carbocycles. The van der Waals surface area contributed by atoms with Gasteiger partial charge in [0.15, 0.2) is 0 Å². The fourth-order valence-electron chi connectivity index (χ4n) is 3.03. The Kier molecular flexibility index (Phi) is 3.93. The molecule has 0 bridgehead atoms. The molecule has 2 heterocycles. The molecule has 4 nitrogen and oxygen atoms in total. The van der Waals surface area contributed by atoms with Crippen molar-refractivity contribution in [2.75, 3.05) is 6.61 Å². The molecule has 1 aliphatic rings. The first-order chi connectivity index (χ1) is 10.4. The summed E-state index contributed by atoms with van der Waals surface area (Å²) in [7, 11) is 0. The van der Waals surface area contributed by atoms with Crippen molar-refractivity contribution in [3.63, 3.8) is 0 Å². The highest BCUT2D eigenvalue weighted by molar-refractivity contribution is 7.19. The topological polar surface area (TPSA) is 52.1 Å². The van der Waals surface area contributed by atoms with Crippen LogP contribution in [0, 0.1) is 11.3 Å². The maximum absolute atomic E-state index is 11.8. The van der Waals surface area contributed by atoms with E-state index in [0.29, 0.717) is 22.9 Å². The first-order valence-corrected chi connectivity index (χ1v) is 8.66. The highest BCUT2D eigenvalue weighted by Crippen LogP contribution is 2.38. The molecular formula is C17H22N2O2S. The van der Waals surface area contributed by atoms with Crippen molar-refractivity contribution in [1.29, 1.82) is 0 Å². The average molecular weight is 318 g/mol. The predicted molar refractivity (Wildman–Crippen MR) is 88.3 cm³/mol. The van der Waals surface area contributed by atoms with Gasteiger partial charge >= 0.3 is 5.97 Å². The van der Waals surface area contributed by atoms with Crippen LogP contribution in [0.1, 0.15) is 55.2 Å². The summed E-state index contributed by atoms with van der Waals surface area (Å²) >= 11 is 1.33. The first-order valence-electron chi connectivity index (χ1n) is 7.85. The van der Waals surface area contributed by atoms with Crippen molar-refractivity contribution in [3.8, 4) is 0 Å². The number of carbonyl (C=O) groups excluding carboxylic acids is 1. The lowest BCUT2D eigenvalue weighted by atomic mass is 9.71. The fourth-order valence-corrected chi connectivity index (χ4v) is 3.87. The van der Waals surface area contributed by atoms with Gasteiger partial charge in [-0.15, -0.1) is 0 Å². The van der Waals surface area contributed by atoms with E-state index in [2.05, 4.69) is 31.8 Å². The molecule has 2 aromatic heterocycles. The SMILES string of the molecule is CCOC(=O)c1nc2cc3c(nc2s1)CC[C@@H](C(C)(C)C)C3. The van der Waals surface area contributed by atoms with Crippen LogP contribution in [0.25, 0.3) is 10.3 Å². The van der Waals surface area contributed by atoms with Gasteiger partial charge in [0.1, 0.15) is 10.3 Å². The van der Waals surface area contributed by atoms with Gasteiger partial charge in [0.25, 0.3) is 0 Å². The zero-order chi connectivity index (χ0) is 15.9. The number of ether oxygens (including phenoxy) is 1. The predicted octanol–water partition coefficient (Wildman–Crippen LogP) is 4.02. The number of esters is 1. The minimum absolute atomic E-state index is 0.310. The summed E-state index contributed by atoms with van der Waals surface area (Å²) in [4.78, 5) is 21.8. The molecule has 0 radical (unpaired) electrons. The molecule has 22 heavy (non-hydrogen) atoms. The highest BCUT2D eigenvalue weighted by Gasteiger charge is 2.30. The van der Waals surface area contributed by atoms with Crippen LogP contribution in [0.3, 0.4) is 0 Å². The molecular weight excluding hydrogens is 296 g/mol. The third-order valence-electron chi connectivity index (χ3n) is 4.42. The summed E-state index contributed by atoms with van der Waals surface area (Å²) in [5.41, 5.74) is 3.60. The Morgan fingerprint density at radius 1 is 1.41 bits per heavy atom. The van der Waals surface area contributed by atoms with E-state index in [0.717, 1.165) is 23.2 Å². The first kappa shape index (κ1) is 15.4. The molecule has 2 aromatic rings. The molecule has 5 heteroatoms. The third-order valence-corrected chi connectivity index (χ3v) is 5.37. The number of hydrogen-bond acceptors (Lipinski definition) is 5. The summed E-state index contributed by atoms with van der Waals surface area (Å²) in [6, 6.07) is 2.12. The van der Waals surface area contributed by atoms with Gasteiger partial charge in [0, 0.05) is 5.69 Å². The number of thiazole rings is 1. The maximum atomic E-state index is 11.8. The zero-order valence-corrected chi connectivity index (χ0v) is 14.4. The van der Waals surface area contributed by atoms with Crippen molar-refractivity contribution in [1.82, 2.24) is 9.97 Å². The number of rotatable bonds is 2. The zero-order valence-electron chi connectivity index (χ0n) is 13.6. The van der Waals surface area contributed by atoms with Crippen molar-refractivity contribution in [2.45, 2.75) is 47.0 Å². The van der Waals surface area contributed by atoms with E-state index in [4.69, 9.17) is 9.72 Å². The largest absolute Gasteiger partial charge is 0.461 e. The van der Waals surface area contributed by atoms with E-state index in [9.17, 15) is 4.79 Å². The van der Waals surface area contributed by atoms with E-state index in [1.54, 1.807) is 6.92 Å². The van der Waals surface area contributed by atoms with Gasteiger partial charge in [-0.1, -0.05) is 32.1 Å². The molecule has 0 spiro atoms. The lowest BCUT2D eigenvalue weighted by molar-refractivity contribution is 0.0526. The van der Waals surface area contributed by atoms with E-state index >= 15 is 0 Å². The van der Waals surface area contributed by atoms with Crippen molar-refractivity contribution in [3.05, 3.63) is 22.3 Å². The number of aromatic nitrogens is 2. The summed E-state index contributed by atoms with van der Waals surface area (Å²) in [5.74, 6) is 0.318. The van der Waals surface area contributed by atoms with Crippen molar-refractivity contribution in [2.24, 2.45) is 11.3 Å². The lowest BCUT2D eigenvalue weighted by Crippen LogP contribution is -2.27. The van der Waals surface area contributed by atoms with E-state index < -0.39 is 0 Å². The Morgan fingerprint density at radius 2 is 2.18 bits per heavy atom. The second-order valence-corrected chi connectivity index (χ2v) is 7.94. The van der Waals surface area contributed by atoms with Crippen LogP contribution in [0.4, 0.5) is 0 Å². The van der Waals surface area contributed by atoms with Crippen LogP contribution < -0.4 is 0 Å². The Bertz CT molecular complexity index is 715. The minimum Gasteiger partial charge on any atom is -0.461 e. The van der Waals surface area contributed by atoms with E-state index in [-0.39, 0.29) is 5.97 Å². The van der Waals surface area contributed by atoms with Gasteiger partial charge in [0.05, 0.1) is 6.61 Å². The Morgan fingerprint density at radius 3 is 2.86 bits per heavy atom. The molecule has 0 amide bonds. The number of aryl methyl sites for hydroxylation is 1. The summed E-state index contributed by atoms with van der Waals surface area (Å²) in [6.07, 6.45) is 3.24. The van der Waals surface area contributed by atoms with Gasteiger partial charge in [-0.25, -0.2) is 14.8 Å². The molecule has 1 atom stereocenters. The van der Waals surface area contributed by atoms with Gasteiger partial charge < -0.3 is 4.74 Å². The molecule has 0 saturated carbocycles. The third kappa shape index (κ3) is 2.86. The molecule has 0 aliphatic heterocycles. The van der Waals surface area contributed by atoms with Gasteiger partial charge in [-0.05, 0) is 49.1 Å². The molecule has 3 rings (SSSR count). The fraction of sp³-hybridized carbons (Fsp3) is 0.588. The molecule has 0 aromatic carbocycles. The standard InChI is InChI=1S/C17H22N2O2S/c1-5-21-16(20)15-19-13-9-10-8-11(17(2,3)4)6-7-12(10)18-14(13)22-15/h9,11H,5-8H2,1-4H3/t11-/m1/s1. The Hall–Kier alpha value is -1.49. The van der Waals surface area contributed by atoms with Crippen LogP contribution in [-0.4, -0.2) is 22.5 Å². The van der Waals surface area contributed by atoms with Crippen molar-refractivity contribution < 1.29 is 9.53 Å².